The van der Waals surface area contributed by atoms with Gasteiger partial charge in [-0.25, -0.2) is 9.48 Å². The lowest BCUT2D eigenvalue weighted by molar-refractivity contribution is -0.132. The first kappa shape index (κ1) is 51.4. The van der Waals surface area contributed by atoms with Gasteiger partial charge in [-0.1, -0.05) is 135 Å². The molecule has 3 rings (SSSR count). The molecule has 60 heavy (non-hydrogen) atoms. The summed E-state index contributed by atoms with van der Waals surface area (Å²) in [6, 6.07) is 1.30. The standard InChI is InChI=1S/C46H83N7O7/c1-4-6-8-10-12-14-16-18-20-22-27-50(28-23-21-19-17-15-13-11-9-7-5-2)30-32-57-34-36-59-37-35-58-33-31-52-39-42(48-49-52)38-51(41(3)54)40-43-24-25-45(60-43)53-29-26-44(55)47-46(53)56/h26,29,39,43,45H,4-25,27-28,30-38,40H2,1-3H3,(H,47,55,56). The summed E-state index contributed by atoms with van der Waals surface area (Å²) in [5.74, 6) is -0.104. The maximum absolute atomic E-state index is 12.5. The van der Waals surface area contributed by atoms with Crippen molar-refractivity contribution in [2.24, 2.45) is 0 Å². The number of nitrogens with one attached hydrogen (secondary N) is 1. The van der Waals surface area contributed by atoms with Crippen LogP contribution < -0.4 is 11.2 Å². The highest BCUT2D eigenvalue weighted by Crippen LogP contribution is 2.27. The second-order valence-corrected chi connectivity index (χ2v) is 16.7. The van der Waals surface area contributed by atoms with Crippen molar-refractivity contribution in [2.45, 2.75) is 187 Å². The monoisotopic (exact) mass is 846 g/mol. The van der Waals surface area contributed by atoms with Crippen molar-refractivity contribution in [3.05, 3.63) is 45.0 Å². The number of carbonyl (C=O) groups is 1. The van der Waals surface area contributed by atoms with Crippen LogP contribution in [0.3, 0.4) is 0 Å². The Morgan fingerprint density at radius 2 is 1.27 bits per heavy atom. The van der Waals surface area contributed by atoms with E-state index in [1.54, 1.807) is 9.58 Å². The van der Waals surface area contributed by atoms with Crippen LogP contribution >= 0.6 is 0 Å². The van der Waals surface area contributed by atoms with Crippen molar-refractivity contribution in [1.82, 2.24) is 34.3 Å². The van der Waals surface area contributed by atoms with E-state index in [4.69, 9.17) is 18.9 Å². The van der Waals surface area contributed by atoms with Gasteiger partial charge in [0.25, 0.3) is 5.56 Å². The molecule has 0 aromatic carbocycles. The van der Waals surface area contributed by atoms with E-state index >= 15 is 0 Å². The summed E-state index contributed by atoms with van der Waals surface area (Å²) in [6.45, 7) is 14.0. The zero-order valence-electron chi connectivity index (χ0n) is 38.0. The number of rotatable bonds is 39. The first-order valence-corrected chi connectivity index (χ1v) is 24.0. The van der Waals surface area contributed by atoms with Crippen LogP contribution in [0.2, 0.25) is 0 Å². The number of ether oxygens (including phenoxy) is 4. The Bertz CT molecular complexity index is 1440. The topological polar surface area (TPSA) is 146 Å². The highest BCUT2D eigenvalue weighted by atomic mass is 16.5. The number of unbranched alkanes of at least 4 members (excludes halogenated alkanes) is 18. The molecule has 2 aromatic rings. The molecule has 0 spiro atoms. The molecule has 1 aliphatic rings. The van der Waals surface area contributed by atoms with Crippen molar-refractivity contribution >= 4 is 5.91 Å². The summed E-state index contributed by atoms with van der Waals surface area (Å²) in [6.07, 6.45) is 31.3. The number of aromatic amines is 1. The minimum atomic E-state index is -0.508. The van der Waals surface area contributed by atoms with Crippen molar-refractivity contribution < 1.29 is 23.7 Å². The molecule has 1 N–H and O–H groups in total. The SMILES string of the molecule is CCCCCCCCCCCCN(CCCCCCCCCCCC)CCOCCOCCOCCn1cc(CN(CC2CCC(n3ccc(=O)[nH]c3=O)O2)C(C)=O)nn1. The van der Waals surface area contributed by atoms with Gasteiger partial charge in [-0.15, -0.1) is 5.10 Å². The Hall–Kier alpha value is -2.91. The third-order valence-corrected chi connectivity index (χ3v) is 11.5. The normalized spacial score (nSPS) is 15.4. The number of nitrogens with zero attached hydrogens (tertiary/aromatic N) is 6. The van der Waals surface area contributed by atoms with Gasteiger partial charge in [0.05, 0.1) is 65.0 Å². The summed E-state index contributed by atoms with van der Waals surface area (Å²) in [5, 5.41) is 8.45. The van der Waals surface area contributed by atoms with E-state index in [-0.39, 0.29) is 12.0 Å². The average Bonchev–Trinajstić information content (AvgIpc) is 3.90. The van der Waals surface area contributed by atoms with Gasteiger partial charge in [-0.3, -0.25) is 19.1 Å². The molecule has 1 aliphatic heterocycles. The smallest absolute Gasteiger partial charge is 0.330 e. The molecule has 1 fully saturated rings. The number of hydrogen-bond donors (Lipinski definition) is 1. The second kappa shape index (κ2) is 33.7. The molecule has 14 nitrogen and oxygen atoms in total. The summed E-state index contributed by atoms with van der Waals surface area (Å²) < 4.78 is 26.6. The van der Waals surface area contributed by atoms with Crippen LogP contribution in [-0.2, 0) is 36.8 Å². The Morgan fingerprint density at radius 3 is 1.82 bits per heavy atom. The first-order valence-electron chi connectivity index (χ1n) is 24.0. The third kappa shape index (κ3) is 23.9. The summed E-state index contributed by atoms with van der Waals surface area (Å²) in [5.41, 5.74) is -0.290. The van der Waals surface area contributed by atoms with Crippen LogP contribution in [0.5, 0.6) is 0 Å². The molecule has 14 heteroatoms. The van der Waals surface area contributed by atoms with Gasteiger partial charge >= 0.3 is 5.69 Å². The number of hydrogen-bond acceptors (Lipinski definition) is 10. The largest absolute Gasteiger partial charge is 0.378 e. The molecule has 1 saturated heterocycles. The highest BCUT2D eigenvalue weighted by molar-refractivity contribution is 5.73. The first-order chi connectivity index (χ1) is 29.4. The molecule has 2 unspecified atom stereocenters. The Morgan fingerprint density at radius 1 is 0.733 bits per heavy atom. The lowest BCUT2D eigenvalue weighted by atomic mass is 10.1. The van der Waals surface area contributed by atoms with E-state index in [1.165, 1.54) is 165 Å². The molecule has 0 bridgehead atoms. The Balaban J connectivity index is 1.21. The van der Waals surface area contributed by atoms with Crippen LogP contribution in [0, 0.1) is 0 Å². The molecule has 344 valence electrons. The predicted octanol–water partition coefficient (Wildman–Crippen LogP) is 8.05. The zero-order chi connectivity index (χ0) is 42.9. The molecule has 0 saturated carbocycles. The Labute approximate surface area is 361 Å². The molecular weight excluding hydrogens is 763 g/mol. The third-order valence-electron chi connectivity index (χ3n) is 11.5. The number of amides is 1. The summed E-state index contributed by atoms with van der Waals surface area (Å²) >= 11 is 0. The summed E-state index contributed by atoms with van der Waals surface area (Å²) in [7, 11) is 0. The van der Waals surface area contributed by atoms with Crippen LogP contribution in [0.1, 0.15) is 174 Å². The van der Waals surface area contributed by atoms with E-state index in [1.807, 2.05) is 6.20 Å². The maximum atomic E-state index is 12.5. The van der Waals surface area contributed by atoms with E-state index < -0.39 is 17.5 Å². The maximum Gasteiger partial charge on any atom is 0.330 e. The van der Waals surface area contributed by atoms with Crippen LogP contribution in [-0.4, -0.2) is 112 Å². The van der Waals surface area contributed by atoms with E-state index in [9.17, 15) is 14.4 Å². The number of H-pyrrole nitrogens is 1. The predicted molar refractivity (Wildman–Crippen MR) is 238 cm³/mol. The quantitative estimate of drug-likeness (QED) is 0.0656. The highest BCUT2D eigenvalue weighted by Gasteiger charge is 2.29. The Kier molecular flexibility index (Phi) is 28.9. The fourth-order valence-electron chi connectivity index (χ4n) is 7.82. The zero-order valence-corrected chi connectivity index (χ0v) is 38.0. The van der Waals surface area contributed by atoms with Gasteiger partial charge in [0, 0.05) is 32.3 Å². The second-order valence-electron chi connectivity index (χ2n) is 16.7. The molecule has 0 radical (unpaired) electrons. The van der Waals surface area contributed by atoms with Gasteiger partial charge < -0.3 is 28.7 Å². The minimum Gasteiger partial charge on any atom is -0.378 e. The lowest BCUT2D eigenvalue weighted by Crippen LogP contribution is -2.36. The van der Waals surface area contributed by atoms with Crippen molar-refractivity contribution in [1.29, 1.82) is 0 Å². The minimum absolute atomic E-state index is 0.104. The van der Waals surface area contributed by atoms with Crippen molar-refractivity contribution in [3.63, 3.8) is 0 Å². The van der Waals surface area contributed by atoms with Gasteiger partial charge in [-0.2, -0.15) is 0 Å². The van der Waals surface area contributed by atoms with Crippen LogP contribution in [0.25, 0.3) is 0 Å². The van der Waals surface area contributed by atoms with Gasteiger partial charge in [-0.05, 0) is 38.8 Å². The fraction of sp³-hybridized carbons (Fsp3) is 0.848. The fourth-order valence-corrected chi connectivity index (χ4v) is 7.82. The van der Waals surface area contributed by atoms with E-state index in [2.05, 4.69) is 34.0 Å². The number of aromatic nitrogens is 5. The van der Waals surface area contributed by atoms with E-state index in [0.717, 1.165) is 13.2 Å². The molecule has 2 aromatic heterocycles. The lowest BCUT2D eigenvalue weighted by Gasteiger charge is -2.24. The average molecular weight is 846 g/mol. The van der Waals surface area contributed by atoms with Gasteiger partial charge in [0.15, 0.2) is 0 Å². The molecule has 3 heterocycles. The van der Waals surface area contributed by atoms with Gasteiger partial charge in [0.2, 0.25) is 5.91 Å². The molecule has 2 atom stereocenters. The molecule has 1 amide bonds. The van der Waals surface area contributed by atoms with Crippen molar-refractivity contribution in [3.8, 4) is 0 Å². The van der Waals surface area contributed by atoms with E-state index in [0.29, 0.717) is 71.2 Å². The molecule has 0 aliphatic carbocycles. The van der Waals surface area contributed by atoms with Crippen LogP contribution in [0.4, 0.5) is 0 Å². The summed E-state index contributed by atoms with van der Waals surface area (Å²) in [4.78, 5) is 42.6. The van der Waals surface area contributed by atoms with Crippen LogP contribution in [0.15, 0.2) is 28.0 Å². The molecular formula is C46H83N7O7. The van der Waals surface area contributed by atoms with Crippen molar-refractivity contribution in [2.75, 3.05) is 65.8 Å². The van der Waals surface area contributed by atoms with Gasteiger partial charge in [0.1, 0.15) is 11.9 Å². The number of carbonyl (C=O) groups excluding carboxylic acids is 1.